The molecule has 1 saturated heterocycles. The number of piperidine rings is 1. The van der Waals surface area contributed by atoms with Crippen LogP contribution in [0.25, 0.3) is 0 Å². The number of likely N-dealkylation sites (tertiary alicyclic amines) is 1. The molecule has 0 atom stereocenters. The largest absolute Gasteiger partial charge is 0.414 e. The molecule has 0 aliphatic carbocycles. The van der Waals surface area contributed by atoms with Gasteiger partial charge in [-0.05, 0) is 38.1 Å². The highest BCUT2D eigenvalue weighted by atomic mass is 32.1. The average molecular weight is 228 g/mol. The predicted octanol–water partition coefficient (Wildman–Crippen LogP) is 0.870. The maximum atomic E-state index is 5.52. The summed E-state index contributed by atoms with van der Waals surface area (Å²) < 4.78 is 5.32. The molecule has 5 nitrogen and oxygen atoms in total. The van der Waals surface area contributed by atoms with Gasteiger partial charge >= 0.3 is 0 Å². The Morgan fingerprint density at radius 2 is 2.27 bits per heavy atom. The summed E-state index contributed by atoms with van der Waals surface area (Å²) in [6.45, 7) is 3.85. The molecule has 15 heavy (non-hydrogen) atoms. The predicted molar refractivity (Wildman–Crippen MR) is 59.2 cm³/mol. The lowest BCUT2D eigenvalue weighted by atomic mass is 9.97. The van der Waals surface area contributed by atoms with Crippen LogP contribution < -0.4 is 5.73 Å². The Balaban J connectivity index is 1.91. The van der Waals surface area contributed by atoms with Crippen LogP contribution in [0.3, 0.4) is 0 Å². The Kier molecular flexibility index (Phi) is 3.50. The first kappa shape index (κ1) is 10.8. The third kappa shape index (κ3) is 2.64. The number of aromatic nitrogens is 2. The lowest BCUT2D eigenvalue weighted by Crippen LogP contribution is -2.36. The number of nitrogens with one attached hydrogen (secondary N) is 1. The minimum absolute atomic E-state index is 0.370. The fourth-order valence-corrected chi connectivity index (χ4v) is 2.13. The SMILES string of the molecule is NCCN1CCC(c2n[nH]c(=S)o2)CC1. The minimum atomic E-state index is 0.370. The Bertz CT molecular complexity index is 353. The molecular weight excluding hydrogens is 212 g/mol. The van der Waals surface area contributed by atoms with Crippen molar-refractivity contribution in [2.24, 2.45) is 5.73 Å². The smallest absolute Gasteiger partial charge is 0.284 e. The Morgan fingerprint density at radius 1 is 1.53 bits per heavy atom. The van der Waals surface area contributed by atoms with Gasteiger partial charge in [-0.1, -0.05) is 0 Å². The second-order valence-electron chi connectivity index (χ2n) is 3.86. The molecule has 84 valence electrons. The van der Waals surface area contributed by atoms with Crippen LogP contribution in [-0.2, 0) is 0 Å². The van der Waals surface area contributed by atoms with Crippen LogP contribution in [0.15, 0.2) is 4.42 Å². The maximum Gasteiger partial charge on any atom is 0.284 e. The van der Waals surface area contributed by atoms with E-state index in [1.807, 2.05) is 0 Å². The van der Waals surface area contributed by atoms with Crippen LogP contribution >= 0.6 is 12.2 Å². The number of rotatable bonds is 3. The molecule has 0 bridgehead atoms. The van der Waals surface area contributed by atoms with Crippen molar-refractivity contribution in [3.05, 3.63) is 10.7 Å². The van der Waals surface area contributed by atoms with Gasteiger partial charge in [-0.15, -0.1) is 5.10 Å². The molecule has 0 aromatic carbocycles. The Labute approximate surface area is 93.6 Å². The number of H-pyrrole nitrogens is 1. The van der Waals surface area contributed by atoms with Gasteiger partial charge in [-0.25, -0.2) is 5.10 Å². The molecule has 6 heteroatoms. The highest BCUT2D eigenvalue weighted by Crippen LogP contribution is 2.26. The number of aromatic amines is 1. The molecule has 0 amide bonds. The van der Waals surface area contributed by atoms with Crippen LogP contribution in [0.5, 0.6) is 0 Å². The first-order valence-electron chi connectivity index (χ1n) is 5.27. The van der Waals surface area contributed by atoms with E-state index in [1.165, 1.54) is 0 Å². The summed E-state index contributed by atoms with van der Waals surface area (Å²) in [5.74, 6) is 1.17. The topological polar surface area (TPSA) is 71.1 Å². The minimum Gasteiger partial charge on any atom is -0.414 e. The molecular formula is C9H16N4OS. The van der Waals surface area contributed by atoms with E-state index in [4.69, 9.17) is 22.4 Å². The van der Waals surface area contributed by atoms with E-state index in [0.717, 1.165) is 44.9 Å². The zero-order valence-electron chi connectivity index (χ0n) is 8.61. The molecule has 0 unspecified atom stereocenters. The molecule has 1 aliphatic rings. The summed E-state index contributed by atoms with van der Waals surface area (Å²) in [7, 11) is 0. The van der Waals surface area contributed by atoms with Gasteiger partial charge in [-0.3, -0.25) is 0 Å². The van der Waals surface area contributed by atoms with Crippen LogP contribution in [0.4, 0.5) is 0 Å². The second-order valence-corrected chi connectivity index (χ2v) is 4.23. The van der Waals surface area contributed by atoms with Crippen molar-refractivity contribution in [3.63, 3.8) is 0 Å². The number of nitrogens with two attached hydrogens (primary N) is 1. The van der Waals surface area contributed by atoms with Crippen LogP contribution in [0.2, 0.25) is 0 Å². The van der Waals surface area contributed by atoms with Crippen molar-refractivity contribution in [2.45, 2.75) is 18.8 Å². The molecule has 1 aromatic rings. The Morgan fingerprint density at radius 3 is 2.80 bits per heavy atom. The third-order valence-corrected chi connectivity index (χ3v) is 3.01. The quantitative estimate of drug-likeness (QED) is 0.751. The Hall–Kier alpha value is -0.720. The first-order chi connectivity index (χ1) is 7.29. The summed E-state index contributed by atoms with van der Waals surface area (Å²) in [6.07, 6.45) is 2.15. The van der Waals surface area contributed by atoms with Gasteiger partial charge in [0.1, 0.15) is 0 Å². The van der Waals surface area contributed by atoms with Crippen molar-refractivity contribution in [2.75, 3.05) is 26.2 Å². The van der Waals surface area contributed by atoms with E-state index in [9.17, 15) is 0 Å². The molecule has 0 spiro atoms. The van der Waals surface area contributed by atoms with E-state index < -0.39 is 0 Å². The van der Waals surface area contributed by atoms with Crippen molar-refractivity contribution >= 4 is 12.2 Å². The summed E-state index contributed by atoms with van der Waals surface area (Å²) in [5, 5.41) is 6.74. The van der Waals surface area contributed by atoms with Gasteiger partial charge in [-0.2, -0.15) is 0 Å². The lowest BCUT2D eigenvalue weighted by Gasteiger charge is -2.29. The monoisotopic (exact) mass is 228 g/mol. The maximum absolute atomic E-state index is 5.52. The number of hydrogen-bond acceptors (Lipinski definition) is 5. The number of nitrogens with zero attached hydrogens (tertiary/aromatic N) is 2. The van der Waals surface area contributed by atoms with Gasteiger partial charge in [0.25, 0.3) is 4.84 Å². The summed E-state index contributed by atoms with van der Waals surface area (Å²) in [6, 6.07) is 0. The first-order valence-corrected chi connectivity index (χ1v) is 5.68. The lowest BCUT2D eigenvalue weighted by molar-refractivity contribution is 0.204. The van der Waals surface area contributed by atoms with E-state index >= 15 is 0 Å². The molecule has 1 aromatic heterocycles. The van der Waals surface area contributed by atoms with E-state index in [1.54, 1.807) is 0 Å². The molecule has 1 aliphatic heterocycles. The van der Waals surface area contributed by atoms with Gasteiger partial charge in [0.05, 0.1) is 0 Å². The highest BCUT2D eigenvalue weighted by molar-refractivity contribution is 7.71. The van der Waals surface area contributed by atoms with E-state index in [0.29, 0.717) is 10.8 Å². The van der Waals surface area contributed by atoms with Crippen molar-refractivity contribution in [3.8, 4) is 0 Å². The van der Waals surface area contributed by atoms with E-state index in [2.05, 4.69) is 15.1 Å². The molecule has 0 saturated carbocycles. The zero-order valence-corrected chi connectivity index (χ0v) is 9.42. The summed E-state index contributed by atoms with van der Waals surface area (Å²) in [5.41, 5.74) is 5.52. The third-order valence-electron chi connectivity index (χ3n) is 2.84. The standard InChI is InChI=1S/C9H16N4OS/c10-3-6-13-4-1-7(2-5-13)8-11-12-9(15)14-8/h7H,1-6,10H2,(H,12,15). The van der Waals surface area contributed by atoms with Crippen molar-refractivity contribution < 1.29 is 4.42 Å². The second kappa shape index (κ2) is 4.87. The van der Waals surface area contributed by atoms with Crippen LogP contribution in [-0.4, -0.2) is 41.3 Å². The molecule has 1 fully saturated rings. The van der Waals surface area contributed by atoms with E-state index in [-0.39, 0.29) is 0 Å². The highest BCUT2D eigenvalue weighted by Gasteiger charge is 2.23. The zero-order chi connectivity index (χ0) is 10.7. The summed E-state index contributed by atoms with van der Waals surface area (Å²) >= 11 is 4.86. The normalized spacial score (nSPS) is 19.5. The van der Waals surface area contributed by atoms with Gasteiger partial charge in [0.2, 0.25) is 5.89 Å². The molecule has 3 N–H and O–H groups in total. The fourth-order valence-electron chi connectivity index (χ4n) is 2.00. The molecule has 0 radical (unpaired) electrons. The average Bonchev–Trinajstić information content (AvgIpc) is 2.67. The van der Waals surface area contributed by atoms with Crippen LogP contribution in [0, 0.1) is 4.84 Å². The number of hydrogen-bond donors (Lipinski definition) is 2. The van der Waals surface area contributed by atoms with Crippen molar-refractivity contribution in [1.29, 1.82) is 0 Å². The molecule has 2 heterocycles. The summed E-state index contributed by atoms with van der Waals surface area (Å²) in [4.78, 5) is 2.74. The van der Waals surface area contributed by atoms with Crippen molar-refractivity contribution in [1.82, 2.24) is 15.1 Å². The van der Waals surface area contributed by atoms with Crippen LogP contribution in [0.1, 0.15) is 24.7 Å². The van der Waals surface area contributed by atoms with Gasteiger partial charge in [0.15, 0.2) is 0 Å². The van der Waals surface area contributed by atoms with Gasteiger partial charge in [0, 0.05) is 19.0 Å². The molecule has 2 rings (SSSR count). The fraction of sp³-hybridized carbons (Fsp3) is 0.778. The van der Waals surface area contributed by atoms with Gasteiger partial charge < -0.3 is 15.1 Å².